The van der Waals surface area contributed by atoms with E-state index in [2.05, 4.69) is 29.5 Å². The number of benzene rings is 1. The zero-order chi connectivity index (χ0) is 19.1. The summed E-state index contributed by atoms with van der Waals surface area (Å²) in [5, 5.41) is 8.49. The number of carbonyl (C=O) groups excluding carboxylic acids is 2. The molecule has 0 spiro atoms. The lowest BCUT2D eigenvalue weighted by atomic mass is 10.1. The van der Waals surface area contributed by atoms with Gasteiger partial charge in [0.15, 0.2) is 16.9 Å². The Kier molecular flexibility index (Phi) is 7.41. The highest BCUT2D eigenvalue weighted by Gasteiger charge is 2.21. The second-order valence-electron chi connectivity index (χ2n) is 6.16. The molecule has 0 bridgehead atoms. The van der Waals surface area contributed by atoms with E-state index in [1.54, 1.807) is 29.6 Å². The Hall–Kier alpha value is -2.12. The quantitative estimate of drug-likeness (QED) is 0.646. The van der Waals surface area contributed by atoms with Gasteiger partial charge in [-0.3, -0.25) is 4.79 Å². The molecule has 2 rings (SSSR count). The molecule has 8 heteroatoms. The molecule has 2 aromatic rings. The van der Waals surface area contributed by atoms with Crippen molar-refractivity contribution in [1.82, 2.24) is 4.98 Å². The molecule has 26 heavy (non-hydrogen) atoms. The van der Waals surface area contributed by atoms with Crippen LogP contribution in [0.3, 0.4) is 0 Å². The standard InChI is InChI=1S/C18H22ClN3O3S/c1-11(2)8-9-20-18-22-15(10-26-18)17(24)25-12(3)16(23)21-14-7-5-4-6-13(14)19/h4-7,10-12H,8-9H2,1-3H3,(H,20,22)(H,21,23)/t12-/m1/s1. The Labute approximate surface area is 161 Å². The maximum atomic E-state index is 12.2. The van der Waals surface area contributed by atoms with Crippen molar-refractivity contribution in [3.05, 3.63) is 40.4 Å². The molecule has 0 unspecified atom stereocenters. The van der Waals surface area contributed by atoms with Crippen molar-refractivity contribution in [2.24, 2.45) is 5.92 Å². The zero-order valence-corrected chi connectivity index (χ0v) is 16.5. The van der Waals surface area contributed by atoms with E-state index in [1.807, 2.05) is 0 Å². The number of nitrogens with one attached hydrogen (secondary N) is 2. The van der Waals surface area contributed by atoms with Crippen molar-refractivity contribution in [2.45, 2.75) is 33.3 Å². The van der Waals surface area contributed by atoms with Crippen LogP contribution >= 0.6 is 22.9 Å². The van der Waals surface area contributed by atoms with Crippen LogP contribution in [0.25, 0.3) is 0 Å². The number of anilines is 2. The number of hydrogen-bond donors (Lipinski definition) is 2. The summed E-state index contributed by atoms with van der Waals surface area (Å²) in [7, 11) is 0. The summed E-state index contributed by atoms with van der Waals surface area (Å²) >= 11 is 7.33. The first kappa shape index (κ1) is 20.2. The third-order valence-electron chi connectivity index (χ3n) is 3.50. The van der Waals surface area contributed by atoms with E-state index in [0.717, 1.165) is 13.0 Å². The number of rotatable bonds is 8. The summed E-state index contributed by atoms with van der Waals surface area (Å²) in [6.45, 7) is 6.57. The minimum Gasteiger partial charge on any atom is -0.448 e. The van der Waals surface area contributed by atoms with E-state index in [0.29, 0.717) is 21.8 Å². The van der Waals surface area contributed by atoms with Gasteiger partial charge in [-0.15, -0.1) is 11.3 Å². The number of carbonyl (C=O) groups is 2. The van der Waals surface area contributed by atoms with Crippen LogP contribution in [-0.2, 0) is 9.53 Å². The van der Waals surface area contributed by atoms with Crippen molar-refractivity contribution in [2.75, 3.05) is 17.2 Å². The van der Waals surface area contributed by atoms with Gasteiger partial charge >= 0.3 is 5.97 Å². The van der Waals surface area contributed by atoms with Crippen molar-refractivity contribution >= 4 is 45.6 Å². The summed E-state index contributed by atoms with van der Waals surface area (Å²) in [5.41, 5.74) is 0.645. The van der Waals surface area contributed by atoms with Crippen molar-refractivity contribution in [1.29, 1.82) is 0 Å². The molecule has 1 atom stereocenters. The minimum atomic E-state index is -0.974. The first-order valence-electron chi connectivity index (χ1n) is 8.32. The molecular weight excluding hydrogens is 374 g/mol. The van der Waals surface area contributed by atoms with Gasteiger partial charge in [-0.05, 0) is 31.4 Å². The zero-order valence-electron chi connectivity index (χ0n) is 14.9. The third-order valence-corrected chi connectivity index (χ3v) is 4.63. The number of thiazole rings is 1. The smallest absolute Gasteiger partial charge is 0.358 e. The predicted molar refractivity (Wildman–Crippen MR) is 105 cm³/mol. The van der Waals surface area contributed by atoms with E-state index in [4.69, 9.17) is 16.3 Å². The number of nitrogens with zero attached hydrogens (tertiary/aromatic N) is 1. The lowest BCUT2D eigenvalue weighted by Crippen LogP contribution is -2.30. The van der Waals surface area contributed by atoms with Crippen LogP contribution in [0.15, 0.2) is 29.6 Å². The highest BCUT2D eigenvalue weighted by molar-refractivity contribution is 7.13. The fourth-order valence-electron chi connectivity index (χ4n) is 1.99. The van der Waals surface area contributed by atoms with Crippen molar-refractivity contribution in [3.8, 4) is 0 Å². The summed E-state index contributed by atoms with van der Waals surface area (Å²) in [5.74, 6) is -0.513. The molecule has 1 heterocycles. The van der Waals surface area contributed by atoms with Gasteiger partial charge < -0.3 is 15.4 Å². The Morgan fingerprint density at radius 3 is 2.69 bits per heavy atom. The fourth-order valence-corrected chi connectivity index (χ4v) is 2.88. The second-order valence-corrected chi connectivity index (χ2v) is 7.43. The van der Waals surface area contributed by atoms with E-state index in [-0.39, 0.29) is 5.69 Å². The molecule has 2 N–H and O–H groups in total. The molecular formula is C18H22ClN3O3S. The number of hydrogen-bond acceptors (Lipinski definition) is 6. The highest BCUT2D eigenvalue weighted by Crippen LogP contribution is 2.21. The van der Waals surface area contributed by atoms with Gasteiger partial charge in [-0.2, -0.15) is 0 Å². The molecule has 140 valence electrons. The fraction of sp³-hybridized carbons (Fsp3) is 0.389. The Morgan fingerprint density at radius 2 is 2.00 bits per heavy atom. The summed E-state index contributed by atoms with van der Waals surface area (Å²) < 4.78 is 5.19. The predicted octanol–water partition coefficient (Wildman–Crippen LogP) is 4.44. The van der Waals surface area contributed by atoms with Crippen LogP contribution in [0, 0.1) is 5.92 Å². The van der Waals surface area contributed by atoms with Crippen LogP contribution < -0.4 is 10.6 Å². The molecule has 1 amide bonds. The van der Waals surface area contributed by atoms with Gasteiger partial charge in [0.25, 0.3) is 5.91 Å². The first-order chi connectivity index (χ1) is 12.4. The normalized spacial score (nSPS) is 11.9. The average Bonchev–Trinajstić information content (AvgIpc) is 3.05. The Bertz CT molecular complexity index is 764. The molecule has 0 fully saturated rings. The Morgan fingerprint density at radius 1 is 1.27 bits per heavy atom. The van der Waals surface area contributed by atoms with Crippen LogP contribution in [-0.4, -0.2) is 29.5 Å². The number of aromatic nitrogens is 1. The number of halogens is 1. The van der Waals surface area contributed by atoms with Crippen LogP contribution in [0.4, 0.5) is 10.8 Å². The topological polar surface area (TPSA) is 80.3 Å². The lowest BCUT2D eigenvalue weighted by molar-refractivity contribution is -0.123. The Balaban J connectivity index is 1.87. The van der Waals surface area contributed by atoms with Gasteiger partial charge in [-0.1, -0.05) is 37.6 Å². The van der Waals surface area contributed by atoms with Gasteiger partial charge in [0, 0.05) is 11.9 Å². The largest absolute Gasteiger partial charge is 0.448 e. The second kappa shape index (κ2) is 9.54. The average molecular weight is 396 g/mol. The third kappa shape index (κ3) is 6.00. The van der Waals surface area contributed by atoms with E-state index < -0.39 is 18.0 Å². The number of esters is 1. The molecule has 1 aromatic heterocycles. The molecule has 0 aliphatic carbocycles. The minimum absolute atomic E-state index is 0.180. The highest BCUT2D eigenvalue weighted by atomic mass is 35.5. The van der Waals surface area contributed by atoms with Gasteiger partial charge in [0.05, 0.1) is 10.7 Å². The van der Waals surface area contributed by atoms with E-state index >= 15 is 0 Å². The molecule has 6 nitrogen and oxygen atoms in total. The number of ether oxygens (including phenoxy) is 1. The van der Waals surface area contributed by atoms with Crippen molar-refractivity contribution in [3.63, 3.8) is 0 Å². The lowest BCUT2D eigenvalue weighted by Gasteiger charge is -2.13. The number of amides is 1. The maximum Gasteiger partial charge on any atom is 0.358 e. The van der Waals surface area contributed by atoms with Crippen LogP contribution in [0.1, 0.15) is 37.7 Å². The van der Waals surface area contributed by atoms with E-state index in [9.17, 15) is 9.59 Å². The SMILES string of the molecule is CC(C)CCNc1nc(C(=O)O[C@H](C)C(=O)Nc2ccccc2Cl)cs1. The van der Waals surface area contributed by atoms with E-state index in [1.165, 1.54) is 18.3 Å². The van der Waals surface area contributed by atoms with Crippen LogP contribution in [0.2, 0.25) is 5.02 Å². The number of para-hydroxylation sites is 1. The maximum absolute atomic E-state index is 12.2. The first-order valence-corrected chi connectivity index (χ1v) is 9.58. The summed E-state index contributed by atoms with van der Waals surface area (Å²) in [6, 6.07) is 6.85. The van der Waals surface area contributed by atoms with Gasteiger partial charge in [0.1, 0.15) is 0 Å². The molecule has 0 radical (unpaired) electrons. The molecule has 0 saturated heterocycles. The van der Waals surface area contributed by atoms with Gasteiger partial charge in [-0.25, -0.2) is 9.78 Å². The molecule has 1 aromatic carbocycles. The molecule has 0 aliphatic heterocycles. The van der Waals surface area contributed by atoms with Crippen molar-refractivity contribution < 1.29 is 14.3 Å². The summed E-state index contributed by atoms with van der Waals surface area (Å²) in [4.78, 5) is 28.5. The monoisotopic (exact) mass is 395 g/mol. The molecule has 0 saturated carbocycles. The molecule has 0 aliphatic rings. The van der Waals surface area contributed by atoms with Crippen LogP contribution in [0.5, 0.6) is 0 Å². The summed E-state index contributed by atoms with van der Waals surface area (Å²) in [6.07, 6.45) is 0.0383. The van der Waals surface area contributed by atoms with Gasteiger partial charge in [0.2, 0.25) is 0 Å².